The van der Waals surface area contributed by atoms with Gasteiger partial charge in [-0.05, 0) is 45.4 Å². The van der Waals surface area contributed by atoms with E-state index in [1.54, 1.807) is 0 Å². The van der Waals surface area contributed by atoms with Gasteiger partial charge >= 0.3 is 0 Å². The maximum absolute atomic E-state index is 13.1. The molecule has 0 saturated carbocycles. The first-order chi connectivity index (χ1) is 12.0. The highest BCUT2D eigenvalue weighted by Gasteiger charge is 2.43. The van der Waals surface area contributed by atoms with E-state index in [0.29, 0.717) is 12.1 Å². The molecule has 1 amide bonds. The van der Waals surface area contributed by atoms with Gasteiger partial charge < -0.3 is 15.0 Å². The largest absolute Gasteiger partial charge is 0.490 e. The van der Waals surface area contributed by atoms with Gasteiger partial charge in [0.25, 0.3) is 5.91 Å². The highest BCUT2D eigenvalue weighted by atomic mass is 16.5. The van der Waals surface area contributed by atoms with Crippen LogP contribution in [0.2, 0.25) is 0 Å². The minimum atomic E-state index is -0.662. The molecule has 2 unspecified atom stereocenters. The fourth-order valence-corrected chi connectivity index (χ4v) is 3.40. The number of anilines is 1. The number of carbonyl (C=O) groups is 1. The van der Waals surface area contributed by atoms with Crippen molar-refractivity contribution < 1.29 is 9.53 Å². The number of rotatable bonds is 5. The number of fused-ring (bicyclic) bond motifs is 1. The Bertz CT molecular complexity index is 774. The molecule has 0 aliphatic carbocycles. The van der Waals surface area contributed by atoms with Crippen LogP contribution in [0.25, 0.3) is 0 Å². The zero-order valence-corrected chi connectivity index (χ0v) is 15.4. The Morgan fingerprint density at radius 2 is 1.80 bits per heavy atom. The molecular formula is C21H26N2O2. The average Bonchev–Trinajstić information content (AvgIpc) is 2.62. The topological polar surface area (TPSA) is 41.6 Å². The summed E-state index contributed by atoms with van der Waals surface area (Å²) in [6.45, 7) is 8.82. The van der Waals surface area contributed by atoms with E-state index in [9.17, 15) is 4.79 Å². The van der Waals surface area contributed by atoms with Crippen molar-refractivity contribution in [3.8, 4) is 5.75 Å². The summed E-state index contributed by atoms with van der Waals surface area (Å²) in [5.74, 6) is 0.857. The van der Waals surface area contributed by atoms with Gasteiger partial charge in [-0.1, -0.05) is 37.3 Å². The molecule has 2 aromatic carbocycles. The SMILES string of the molecule is CCC(C)Oc1ccccc1C1(C)Nc2ccccc2C(=O)N1CC. The van der Waals surface area contributed by atoms with Gasteiger partial charge in [-0.2, -0.15) is 0 Å². The second-order valence-corrected chi connectivity index (χ2v) is 6.63. The summed E-state index contributed by atoms with van der Waals surface area (Å²) in [5, 5.41) is 3.58. The predicted molar refractivity (Wildman–Crippen MR) is 101 cm³/mol. The van der Waals surface area contributed by atoms with Crippen molar-refractivity contribution in [1.82, 2.24) is 4.90 Å². The third-order valence-corrected chi connectivity index (χ3v) is 4.95. The van der Waals surface area contributed by atoms with Crippen molar-refractivity contribution in [2.75, 3.05) is 11.9 Å². The quantitative estimate of drug-likeness (QED) is 0.864. The molecule has 1 N–H and O–H groups in total. The minimum absolute atomic E-state index is 0.0395. The molecule has 4 heteroatoms. The van der Waals surface area contributed by atoms with Gasteiger partial charge in [-0.25, -0.2) is 0 Å². The zero-order chi connectivity index (χ0) is 18.0. The van der Waals surface area contributed by atoms with E-state index in [1.165, 1.54) is 0 Å². The molecule has 0 saturated heterocycles. The lowest BCUT2D eigenvalue weighted by Gasteiger charge is -2.46. The standard InChI is InChI=1S/C21H26N2O2/c1-5-15(3)25-19-14-10-8-12-17(19)21(4)22-18-13-9-7-11-16(18)20(24)23(21)6-2/h7-15,22H,5-6H2,1-4H3. The van der Waals surface area contributed by atoms with Gasteiger partial charge in [0.1, 0.15) is 11.4 Å². The van der Waals surface area contributed by atoms with Gasteiger partial charge in [-0.15, -0.1) is 0 Å². The molecule has 0 fully saturated rings. The number of amides is 1. The summed E-state index contributed by atoms with van der Waals surface area (Å²) < 4.78 is 6.15. The summed E-state index contributed by atoms with van der Waals surface area (Å²) in [5.41, 5.74) is 1.88. The number of hydrogen-bond acceptors (Lipinski definition) is 3. The summed E-state index contributed by atoms with van der Waals surface area (Å²) >= 11 is 0. The Morgan fingerprint density at radius 3 is 2.52 bits per heavy atom. The number of nitrogens with zero attached hydrogens (tertiary/aromatic N) is 1. The molecule has 1 aliphatic rings. The van der Waals surface area contributed by atoms with E-state index in [4.69, 9.17) is 4.74 Å². The van der Waals surface area contributed by atoms with E-state index in [1.807, 2.05) is 67.3 Å². The molecule has 1 aliphatic heterocycles. The van der Waals surface area contributed by atoms with Crippen LogP contribution in [0.3, 0.4) is 0 Å². The molecule has 2 atom stereocenters. The highest BCUT2D eigenvalue weighted by Crippen LogP contribution is 2.41. The molecule has 3 rings (SSSR count). The smallest absolute Gasteiger partial charge is 0.258 e. The van der Waals surface area contributed by atoms with Gasteiger partial charge in [-0.3, -0.25) is 4.79 Å². The van der Waals surface area contributed by atoms with Crippen LogP contribution in [0, 0.1) is 0 Å². The van der Waals surface area contributed by atoms with Gasteiger partial charge in [0.15, 0.2) is 0 Å². The number of hydrogen-bond donors (Lipinski definition) is 1. The van der Waals surface area contributed by atoms with Gasteiger partial charge in [0, 0.05) is 17.8 Å². The van der Waals surface area contributed by atoms with Crippen LogP contribution >= 0.6 is 0 Å². The van der Waals surface area contributed by atoms with E-state index in [0.717, 1.165) is 23.4 Å². The van der Waals surface area contributed by atoms with Gasteiger partial charge in [0.05, 0.1) is 11.7 Å². The van der Waals surface area contributed by atoms with Crippen molar-refractivity contribution in [1.29, 1.82) is 0 Å². The van der Waals surface area contributed by atoms with E-state index in [-0.39, 0.29) is 12.0 Å². The van der Waals surface area contributed by atoms with Crippen LogP contribution in [0.5, 0.6) is 5.75 Å². The van der Waals surface area contributed by atoms with Crippen LogP contribution in [-0.4, -0.2) is 23.5 Å². The monoisotopic (exact) mass is 338 g/mol. The van der Waals surface area contributed by atoms with Crippen LogP contribution in [0.1, 0.15) is 50.0 Å². The molecule has 0 spiro atoms. The summed E-state index contributed by atoms with van der Waals surface area (Å²) in [7, 11) is 0. The summed E-state index contributed by atoms with van der Waals surface area (Å²) in [6.07, 6.45) is 1.05. The van der Waals surface area contributed by atoms with Gasteiger partial charge in [0.2, 0.25) is 0 Å². The molecule has 132 valence electrons. The third kappa shape index (κ3) is 2.97. The number of nitrogens with one attached hydrogen (secondary N) is 1. The van der Waals surface area contributed by atoms with Crippen molar-refractivity contribution in [3.05, 3.63) is 59.7 Å². The van der Waals surface area contributed by atoms with Crippen molar-refractivity contribution in [2.45, 2.75) is 45.9 Å². The highest BCUT2D eigenvalue weighted by molar-refractivity contribution is 6.02. The van der Waals surface area contributed by atoms with E-state index in [2.05, 4.69) is 19.2 Å². The molecule has 0 aromatic heterocycles. The Morgan fingerprint density at radius 1 is 1.12 bits per heavy atom. The molecule has 0 bridgehead atoms. The Hall–Kier alpha value is -2.49. The molecule has 0 radical (unpaired) electrons. The fourth-order valence-electron chi connectivity index (χ4n) is 3.40. The Kier molecular flexibility index (Phi) is 4.71. The summed E-state index contributed by atoms with van der Waals surface area (Å²) in [4.78, 5) is 14.9. The first-order valence-electron chi connectivity index (χ1n) is 8.96. The number of ether oxygens (including phenoxy) is 1. The first-order valence-corrected chi connectivity index (χ1v) is 8.96. The maximum atomic E-state index is 13.1. The van der Waals surface area contributed by atoms with E-state index < -0.39 is 5.66 Å². The molecular weight excluding hydrogens is 312 g/mol. The molecule has 1 heterocycles. The molecule has 2 aromatic rings. The Balaban J connectivity index is 2.11. The first kappa shape index (κ1) is 17.3. The third-order valence-electron chi connectivity index (χ3n) is 4.95. The lowest BCUT2D eigenvalue weighted by molar-refractivity contribution is 0.0544. The average molecular weight is 338 g/mol. The Labute approximate surface area is 149 Å². The molecule has 25 heavy (non-hydrogen) atoms. The van der Waals surface area contributed by atoms with Crippen LogP contribution in [0.4, 0.5) is 5.69 Å². The van der Waals surface area contributed by atoms with E-state index >= 15 is 0 Å². The second-order valence-electron chi connectivity index (χ2n) is 6.63. The minimum Gasteiger partial charge on any atom is -0.490 e. The van der Waals surface area contributed by atoms with Crippen LogP contribution in [0.15, 0.2) is 48.5 Å². The van der Waals surface area contributed by atoms with Crippen LogP contribution in [-0.2, 0) is 5.66 Å². The maximum Gasteiger partial charge on any atom is 0.258 e. The van der Waals surface area contributed by atoms with Crippen molar-refractivity contribution in [3.63, 3.8) is 0 Å². The lowest BCUT2D eigenvalue weighted by atomic mass is 9.93. The lowest BCUT2D eigenvalue weighted by Crippen LogP contribution is -2.55. The normalized spacial score (nSPS) is 20.6. The zero-order valence-electron chi connectivity index (χ0n) is 15.4. The molecule has 4 nitrogen and oxygen atoms in total. The van der Waals surface area contributed by atoms with Crippen molar-refractivity contribution in [2.24, 2.45) is 0 Å². The number of para-hydroxylation sites is 2. The number of carbonyl (C=O) groups excluding carboxylic acids is 1. The summed E-state index contributed by atoms with van der Waals surface area (Å²) in [6, 6.07) is 15.6. The predicted octanol–water partition coefficient (Wildman–Crippen LogP) is 4.62. The second kappa shape index (κ2) is 6.79. The van der Waals surface area contributed by atoms with Crippen LogP contribution < -0.4 is 10.1 Å². The number of benzene rings is 2. The van der Waals surface area contributed by atoms with Crippen molar-refractivity contribution >= 4 is 11.6 Å². The fraction of sp³-hybridized carbons (Fsp3) is 0.381.